The van der Waals surface area contributed by atoms with Crippen LogP contribution in [-0.4, -0.2) is 68.1 Å². The van der Waals surface area contributed by atoms with E-state index in [9.17, 15) is 23.1 Å². The molecule has 2 heterocycles. The molecule has 0 bridgehead atoms. The number of esters is 1. The summed E-state index contributed by atoms with van der Waals surface area (Å²) in [6.45, 7) is 12.9. The molecule has 4 atom stereocenters. The lowest BCUT2D eigenvalue weighted by Crippen LogP contribution is -2.42. The highest BCUT2D eigenvalue weighted by Crippen LogP contribution is 2.51. The van der Waals surface area contributed by atoms with Crippen molar-refractivity contribution in [3.63, 3.8) is 0 Å². The summed E-state index contributed by atoms with van der Waals surface area (Å²) in [7, 11) is -6.10. The molecule has 1 aliphatic carbocycles. The zero-order chi connectivity index (χ0) is 33.4. The number of benzene rings is 2. The van der Waals surface area contributed by atoms with Crippen molar-refractivity contribution in [3.05, 3.63) is 88.7 Å². The van der Waals surface area contributed by atoms with Crippen LogP contribution in [-0.2, 0) is 32.1 Å². The summed E-state index contributed by atoms with van der Waals surface area (Å²) in [6.07, 6.45) is 0.0940. The number of sulfone groups is 1. The van der Waals surface area contributed by atoms with Crippen molar-refractivity contribution in [3.8, 4) is 0 Å². The molecule has 0 radical (unpaired) electrons. The first kappa shape index (κ1) is 34.2. The highest BCUT2D eigenvalue weighted by atomic mass is 32.2. The molecule has 5 rings (SSSR count). The SMILES string of the molecule is CCOC(=O)c1c2c(n(CCS(=O)(=O)c3ccccc3)c1[C@@H]1[C@H](CO)N1Cc1ccccc1)C(=O)CCC2O[Si](C)(C)C(C)(C)C. The number of carbonyl (C=O) groups is 2. The van der Waals surface area contributed by atoms with Crippen LogP contribution >= 0.6 is 0 Å². The van der Waals surface area contributed by atoms with Gasteiger partial charge in [-0.2, -0.15) is 0 Å². The van der Waals surface area contributed by atoms with Crippen LogP contribution in [0.3, 0.4) is 0 Å². The van der Waals surface area contributed by atoms with Gasteiger partial charge >= 0.3 is 5.97 Å². The molecule has 2 unspecified atom stereocenters. The summed E-state index contributed by atoms with van der Waals surface area (Å²) in [5.41, 5.74) is 2.63. The summed E-state index contributed by atoms with van der Waals surface area (Å²) in [5, 5.41) is 10.4. The molecule has 9 nitrogen and oxygen atoms in total. The van der Waals surface area contributed by atoms with Gasteiger partial charge in [-0.3, -0.25) is 9.69 Å². The van der Waals surface area contributed by atoms with Gasteiger partial charge in [-0.05, 0) is 49.2 Å². The average molecular weight is 667 g/mol. The summed E-state index contributed by atoms with van der Waals surface area (Å²) in [6, 6.07) is 17.3. The number of nitrogens with zero attached hydrogens (tertiary/aromatic N) is 2. The Labute approximate surface area is 273 Å². The van der Waals surface area contributed by atoms with Crippen molar-refractivity contribution in [2.24, 2.45) is 0 Å². The lowest BCUT2D eigenvalue weighted by atomic mass is 9.90. The van der Waals surface area contributed by atoms with Crippen LogP contribution in [0.2, 0.25) is 18.1 Å². The van der Waals surface area contributed by atoms with E-state index in [0.717, 1.165) is 5.56 Å². The number of rotatable bonds is 12. The van der Waals surface area contributed by atoms with Crippen molar-refractivity contribution >= 4 is 29.9 Å². The summed E-state index contributed by atoms with van der Waals surface area (Å²) in [5.74, 6) is -1.00. The van der Waals surface area contributed by atoms with Gasteiger partial charge in [0, 0.05) is 25.1 Å². The van der Waals surface area contributed by atoms with Crippen LogP contribution in [0.4, 0.5) is 0 Å². The molecule has 2 aromatic carbocycles. The van der Waals surface area contributed by atoms with E-state index in [4.69, 9.17) is 9.16 Å². The predicted octanol–water partition coefficient (Wildman–Crippen LogP) is 6.10. The average Bonchev–Trinajstić information content (AvgIpc) is 3.57. The van der Waals surface area contributed by atoms with Gasteiger partial charge in [0.25, 0.3) is 0 Å². The van der Waals surface area contributed by atoms with Gasteiger partial charge in [-0.25, -0.2) is 13.2 Å². The second-order valence-electron chi connectivity index (χ2n) is 13.7. The summed E-state index contributed by atoms with van der Waals surface area (Å²) >= 11 is 0. The summed E-state index contributed by atoms with van der Waals surface area (Å²) < 4.78 is 41.4. The maximum atomic E-state index is 14.0. The third-order valence-corrected chi connectivity index (χ3v) is 15.9. The van der Waals surface area contributed by atoms with Crippen LogP contribution in [0.5, 0.6) is 0 Å². The number of carbonyl (C=O) groups excluding carboxylic acids is 2. The first-order valence-corrected chi connectivity index (χ1v) is 20.6. The Morgan fingerprint density at radius 1 is 1.04 bits per heavy atom. The number of ketones is 1. The number of hydrogen-bond acceptors (Lipinski definition) is 8. The van der Waals surface area contributed by atoms with Crippen molar-refractivity contribution in [1.29, 1.82) is 0 Å². The number of Topliss-reactive ketones (excluding diaryl/α,β-unsaturated/α-hetero) is 1. The Hall–Kier alpha value is -3.09. The first-order chi connectivity index (χ1) is 21.7. The highest BCUT2D eigenvalue weighted by Gasteiger charge is 2.54. The molecule has 1 fully saturated rings. The fourth-order valence-electron chi connectivity index (χ4n) is 6.25. The molecule has 0 amide bonds. The van der Waals surface area contributed by atoms with E-state index in [1.165, 1.54) is 0 Å². The fourth-order valence-corrected chi connectivity index (χ4v) is 8.78. The largest absolute Gasteiger partial charge is 0.462 e. The standard InChI is InChI=1S/C35H46N2O7SSi/c1-7-43-34(40)30-29-28(44-46(5,6)35(2,3)4)19-18-27(39)32(29)36(20-21-45(41,42)25-16-12-9-13-17-25)33(30)31-26(23-38)37(31)22-24-14-10-8-11-15-24/h8-17,26,28,31,38H,7,18-23H2,1-6H3/t26-,28?,31-,37?/m0/s1. The lowest BCUT2D eigenvalue weighted by molar-refractivity contribution is 0.0517. The zero-order valence-electron chi connectivity index (χ0n) is 27.7. The van der Waals surface area contributed by atoms with E-state index in [1.54, 1.807) is 41.8 Å². The number of ether oxygens (including phenoxy) is 1. The number of fused-ring (bicyclic) bond motifs is 1. The molecular weight excluding hydrogens is 621 g/mol. The molecular formula is C35H46N2O7SSi. The third-order valence-electron chi connectivity index (χ3n) is 9.70. The Morgan fingerprint density at radius 3 is 2.26 bits per heavy atom. The van der Waals surface area contributed by atoms with Crippen LogP contribution in [0, 0.1) is 0 Å². The van der Waals surface area contributed by atoms with Crippen LogP contribution in [0.25, 0.3) is 0 Å². The lowest BCUT2D eigenvalue weighted by Gasteiger charge is -2.40. The van der Waals surface area contributed by atoms with Crippen LogP contribution in [0.15, 0.2) is 65.6 Å². The minimum absolute atomic E-state index is 0.0410. The van der Waals surface area contributed by atoms with E-state index < -0.39 is 36.3 Å². The zero-order valence-corrected chi connectivity index (χ0v) is 29.5. The first-order valence-electron chi connectivity index (χ1n) is 16.0. The molecule has 0 saturated carbocycles. The molecule has 1 aromatic heterocycles. The number of aliphatic hydroxyl groups is 1. The number of hydrogen-bond donors (Lipinski definition) is 1. The van der Waals surface area contributed by atoms with Crippen LogP contribution in [0.1, 0.15) is 90.3 Å². The molecule has 1 N–H and O–H groups in total. The van der Waals surface area contributed by atoms with Crippen molar-refractivity contribution in [2.75, 3.05) is 19.0 Å². The molecule has 11 heteroatoms. The van der Waals surface area contributed by atoms with Gasteiger partial charge in [0.2, 0.25) is 0 Å². The van der Waals surface area contributed by atoms with Gasteiger partial charge in [-0.1, -0.05) is 69.3 Å². The van der Waals surface area contributed by atoms with Gasteiger partial charge in [0.05, 0.1) is 59.0 Å². The second-order valence-corrected chi connectivity index (χ2v) is 20.6. The van der Waals surface area contributed by atoms with Crippen molar-refractivity contribution in [2.45, 2.75) is 94.8 Å². The normalized spacial score (nSPS) is 21.6. The van der Waals surface area contributed by atoms with E-state index in [2.05, 4.69) is 38.8 Å². The number of aliphatic hydroxyl groups excluding tert-OH is 1. The highest BCUT2D eigenvalue weighted by molar-refractivity contribution is 7.91. The van der Waals surface area contributed by atoms with E-state index in [-0.39, 0.29) is 59.3 Å². The molecule has 1 aliphatic heterocycles. The monoisotopic (exact) mass is 666 g/mol. The Kier molecular flexibility index (Phi) is 9.82. The predicted molar refractivity (Wildman–Crippen MR) is 179 cm³/mol. The van der Waals surface area contributed by atoms with Gasteiger partial charge in [0.1, 0.15) is 0 Å². The maximum absolute atomic E-state index is 14.0. The third kappa shape index (κ3) is 6.66. The van der Waals surface area contributed by atoms with Crippen molar-refractivity contribution < 1.29 is 32.3 Å². The molecule has 1 saturated heterocycles. The Morgan fingerprint density at radius 2 is 1.67 bits per heavy atom. The van der Waals surface area contributed by atoms with E-state index >= 15 is 0 Å². The van der Waals surface area contributed by atoms with E-state index in [0.29, 0.717) is 29.9 Å². The molecule has 2 aliphatic rings. The quantitative estimate of drug-likeness (QED) is 0.140. The molecule has 46 heavy (non-hydrogen) atoms. The summed E-state index contributed by atoms with van der Waals surface area (Å²) in [4.78, 5) is 30.2. The Bertz CT molecular complexity index is 1680. The van der Waals surface area contributed by atoms with Crippen LogP contribution < -0.4 is 0 Å². The molecule has 3 aromatic rings. The van der Waals surface area contributed by atoms with E-state index in [1.807, 2.05) is 30.3 Å². The minimum Gasteiger partial charge on any atom is -0.462 e. The molecule has 248 valence electrons. The minimum atomic E-state index is -3.72. The van der Waals surface area contributed by atoms with Gasteiger partial charge < -0.3 is 18.8 Å². The second kappa shape index (κ2) is 13.2. The van der Waals surface area contributed by atoms with Gasteiger partial charge in [-0.15, -0.1) is 0 Å². The maximum Gasteiger partial charge on any atom is 0.340 e. The fraction of sp³-hybridized carbons (Fsp3) is 0.486. The van der Waals surface area contributed by atoms with Gasteiger partial charge in [0.15, 0.2) is 23.9 Å². The number of aromatic nitrogens is 1. The topological polar surface area (TPSA) is 115 Å². The molecule has 0 spiro atoms. The smallest absolute Gasteiger partial charge is 0.340 e. The Balaban J connectivity index is 1.69. The van der Waals surface area contributed by atoms with Crippen molar-refractivity contribution in [1.82, 2.24) is 9.47 Å².